The first-order valence-electron chi connectivity index (χ1n) is 12.4. The van der Waals surface area contributed by atoms with E-state index >= 15 is 4.39 Å². The van der Waals surface area contributed by atoms with Crippen LogP contribution in [0.5, 0.6) is 0 Å². The highest BCUT2D eigenvalue weighted by Crippen LogP contribution is 2.43. The number of ether oxygens (including phenoxy) is 3. The monoisotopic (exact) mass is 553 g/mol. The van der Waals surface area contributed by atoms with Crippen molar-refractivity contribution in [2.45, 2.75) is 44.2 Å². The molecule has 5 atom stereocenters. The molecule has 5 N–H and O–H groups in total. The van der Waals surface area contributed by atoms with Crippen LogP contribution in [0.25, 0.3) is 11.2 Å². The van der Waals surface area contributed by atoms with Gasteiger partial charge in [-0.3, -0.25) is 14.3 Å². The molecular weight excluding hydrogens is 525 g/mol. The summed E-state index contributed by atoms with van der Waals surface area (Å²) in [5.41, 5.74) is 5.32. The number of fused-ring (bicyclic) bond motifs is 1. The number of carbonyl (C=O) groups excluding carboxylic acids is 1. The number of nitrogens with two attached hydrogens (primary N) is 1. The number of aliphatic hydroxyl groups excluding tert-OH is 2. The number of aromatic amines is 1. The first kappa shape index (κ1) is 27.4. The molecule has 3 heterocycles. The maximum Gasteiger partial charge on any atom is 0.338 e. The van der Waals surface area contributed by atoms with E-state index in [1.807, 2.05) is 13.8 Å². The second-order valence-electron chi connectivity index (χ2n) is 9.72. The highest BCUT2D eigenvalue weighted by atomic mass is 19.1. The van der Waals surface area contributed by atoms with Crippen molar-refractivity contribution in [2.24, 2.45) is 0 Å². The molecule has 210 valence electrons. The summed E-state index contributed by atoms with van der Waals surface area (Å²) in [7, 11) is 0. The molecule has 0 spiro atoms. The molecule has 12 nitrogen and oxygen atoms in total. The third-order valence-corrected chi connectivity index (χ3v) is 6.80. The summed E-state index contributed by atoms with van der Waals surface area (Å²) in [6.45, 7) is 2.31. The Morgan fingerprint density at radius 2 is 1.85 bits per heavy atom. The lowest BCUT2D eigenvalue weighted by molar-refractivity contribution is -0.201. The number of carbonyl (C=O) groups is 1. The zero-order chi connectivity index (χ0) is 28.6. The number of rotatable bonds is 8. The number of imidazole rings is 1. The average molecular weight is 554 g/mol. The number of nitrogen functional groups attached to an aromatic ring is 1. The topological polar surface area (TPSA) is 175 Å². The molecule has 0 bridgehead atoms. The fourth-order valence-corrected chi connectivity index (χ4v) is 4.53. The molecule has 0 radical (unpaired) electrons. The zero-order valence-corrected chi connectivity index (χ0v) is 21.7. The number of halogens is 1. The van der Waals surface area contributed by atoms with Crippen molar-refractivity contribution >= 4 is 23.1 Å². The van der Waals surface area contributed by atoms with Crippen LogP contribution in [-0.4, -0.2) is 66.8 Å². The van der Waals surface area contributed by atoms with Gasteiger partial charge in [0.25, 0.3) is 5.56 Å². The van der Waals surface area contributed by atoms with Crippen LogP contribution in [0.2, 0.25) is 0 Å². The minimum absolute atomic E-state index is 0.0770. The van der Waals surface area contributed by atoms with Crippen LogP contribution in [-0.2, 0) is 14.2 Å². The fourth-order valence-electron chi connectivity index (χ4n) is 4.53. The van der Waals surface area contributed by atoms with Gasteiger partial charge in [-0.05, 0) is 26.0 Å². The molecule has 1 aliphatic heterocycles. The van der Waals surface area contributed by atoms with E-state index in [1.54, 1.807) is 36.4 Å². The van der Waals surface area contributed by atoms with E-state index in [-0.39, 0.29) is 22.7 Å². The van der Waals surface area contributed by atoms with E-state index in [0.29, 0.717) is 5.56 Å². The molecule has 0 amide bonds. The molecule has 40 heavy (non-hydrogen) atoms. The largest absolute Gasteiger partial charge is 0.452 e. The normalized spacial score (nSPS) is 23.4. The molecule has 1 saturated heterocycles. The van der Waals surface area contributed by atoms with Crippen molar-refractivity contribution in [2.75, 3.05) is 18.9 Å². The van der Waals surface area contributed by atoms with Crippen molar-refractivity contribution in [3.8, 4) is 0 Å². The van der Waals surface area contributed by atoms with Gasteiger partial charge in [-0.25, -0.2) is 14.2 Å². The van der Waals surface area contributed by atoms with Gasteiger partial charge < -0.3 is 30.2 Å². The van der Waals surface area contributed by atoms with Gasteiger partial charge >= 0.3 is 5.97 Å². The highest BCUT2D eigenvalue weighted by molar-refractivity contribution is 5.89. The molecule has 2 aromatic heterocycles. The predicted octanol–water partition coefficient (Wildman–Crippen LogP) is 1.85. The minimum atomic E-state index is -2.08. The second-order valence-corrected chi connectivity index (χ2v) is 9.72. The van der Waals surface area contributed by atoms with Gasteiger partial charge in [-0.2, -0.15) is 4.98 Å². The summed E-state index contributed by atoms with van der Waals surface area (Å²) < 4.78 is 34.6. The molecule has 1 aliphatic rings. The molecule has 1 unspecified atom stereocenters. The standard InChI is InChI=1S/C27H28FN5O7/c1-14-3-7-16(8-4-14)24(36)38-12-27(11-34)20(39-25(37)17-9-5-15(2)6-10-17)18(28)23(40-27)33-13-30-19-21(33)31-26(29)32-22(19)35/h3-10,13,18,20,23-24,34,36H,11-12H2,1-2H3,(H3,29,31,32,35)/t18-,20-,23+,24?,27+/m0/s1. The Bertz CT molecular complexity index is 1570. The molecule has 0 saturated carbocycles. The van der Waals surface area contributed by atoms with Crippen molar-refractivity contribution < 1.29 is 33.6 Å². The number of aromatic nitrogens is 4. The first-order chi connectivity index (χ1) is 19.1. The van der Waals surface area contributed by atoms with Crippen LogP contribution in [0.1, 0.15) is 39.6 Å². The first-order valence-corrected chi connectivity index (χ1v) is 12.4. The van der Waals surface area contributed by atoms with Crippen molar-refractivity contribution in [3.63, 3.8) is 0 Å². The summed E-state index contributed by atoms with van der Waals surface area (Å²) >= 11 is 0. The van der Waals surface area contributed by atoms with Crippen LogP contribution >= 0.6 is 0 Å². The molecule has 4 aromatic rings. The molecule has 13 heteroatoms. The maximum absolute atomic E-state index is 16.2. The minimum Gasteiger partial charge on any atom is -0.452 e. The molecule has 0 aliphatic carbocycles. The van der Waals surface area contributed by atoms with E-state index in [4.69, 9.17) is 19.9 Å². The van der Waals surface area contributed by atoms with Crippen LogP contribution in [0.15, 0.2) is 59.7 Å². The highest BCUT2D eigenvalue weighted by Gasteiger charge is 2.59. The number of benzene rings is 2. The predicted molar refractivity (Wildman–Crippen MR) is 140 cm³/mol. The van der Waals surface area contributed by atoms with Gasteiger partial charge in [0.15, 0.2) is 41.6 Å². The molecule has 2 aromatic carbocycles. The van der Waals surface area contributed by atoms with Crippen molar-refractivity contribution in [1.82, 2.24) is 19.5 Å². The number of hydrogen-bond acceptors (Lipinski definition) is 10. The summed E-state index contributed by atoms with van der Waals surface area (Å²) in [6.07, 6.45) is -5.65. The van der Waals surface area contributed by atoms with E-state index in [2.05, 4.69) is 15.0 Å². The third-order valence-electron chi connectivity index (χ3n) is 6.80. The number of nitrogens with one attached hydrogen (secondary N) is 1. The summed E-state index contributed by atoms with van der Waals surface area (Å²) in [4.78, 5) is 35.7. The number of aryl methyl sites for hydroxylation is 2. The van der Waals surface area contributed by atoms with Gasteiger partial charge in [0.2, 0.25) is 5.95 Å². The average Bonchev–Trinajstić information content (AvgIpc) is 3.47. The van der Waals surface area contributed by atoms with E-state index < -0.39 is 55.1 Å². The fraction of sp³-hybridized carbons (Fsp3) is 0.333. The maximum atomic E-state index is 16.2. The lowest BCUT2D eigenvalue weighted by Gasteiger charge is -2.32. The number of nitrogens with zero attached hydrogens (tertiary/aromatic N) is 3. The number of aliphatic hydroxyl groups is 2. The Hall–Kier alpha value is -4.17. The van der Waals surface area contributed by atoms with Gasteiger partial charge in [0, 0.05) is 5.56 Å². The number of alkyl halides is 1. The van der Waals surface area contributed by atoms with Crippen molar-refractivity contribution in [3.05, 3.63) is 87.5 Å². The van der Waals surface area contributed by atoms with E-state index in [1.165, 1.54) is 12.1 Å². The summed E-state index contributed by atoms with van der Waals surface area (Å²) in [5.74, 6) is -1.09. The number of esters is 1. The van der Waals surface area contributed by atoms with Crippen molar-refractivity contribution in [1.29, 1.82) is 0 Å². The van der Waals surface area contributed by atoms with Gasteiger partial charge in [0.1, 0.15) is 0 Å². The van der Waals surface area contributed by atoms with Crippen LogP contribution < -0.4 is 11.3 Å². The number of anilines is 1. The number of H-pyrrole nitrogens is 1. The van der Waals surface area contributed by atoms with Crippen LogP contribution in [0, 0.1) is 13.8 Å². The van der Waals surface area contributed by atoms with E-state index in [0.717, 1.165) is 22.0 Å². The zero-order valence-electron chi connectivity index (χ0n) is 21.7. The van der Waals surface area contributed by atoms with Gasteiger partial charge in [0.05, 0.1) is 25.1 Å². The lowest BCUT2D eigenvalue weighted by atomic mass is 9.97. The van der Waals surface area contributed by atoms with Gasteiger partial charge in [-0.15, -0.1) is 0 Å². The third kappa shape index (κ3) is 5.07. The molecule has 1 fully saturated rings. The smallest absolute Gasteiger partial charge is 0.338 e. The SMILES string of the molecule is Cc1ccc(C(=O)O[C@H]2[C@H](F)[C@H](n3cnc4c(=O)[nH]c(N)nc43)O[C@]2(CO)COC(O)c2ccc(C)cc2)cc1. The summed E-state index contributed by atoms with van der Waals surface area (Å²) in [5, 5.41) is 21.1. The summed E-state index contributed by atoms with van der Waals surface area (Å²) in [6, 6.07) is 13.3. The lowest BCUT2D eigenvalue weighted by Crippen LogP contribution is -2.51. The Kier molecular flexibility index (Phi) is 7.38. The second kappa shape index (κ2) is 10.8. The Morgan fingerprint density at radius 3 is 2.50 bits per heavy atom. The molecule has 5 rings (SSSR count). The molecular formula is C27H28FN5O7. The Balaban J connectivity index is 1.49. The van der Waals surface area contributed by atoms with Gasteiger partial charge in [-0.1, -0.05) is 47.5 Å². The number of hydrogen-bond donors (Lipinski definition) is 4. The Morgan fingerprint density at radius 1 is 1.20 bits per heavy atom. The quantitative estimate of drug-likeness (QED) is 0.186. The van der Waals surface area contributed by atoms with E-state index in [9.17, 15) is 19.8 Å². The van der Waals surface area contributed by atoms with Crippen LogP contribution in [0.4, 0.5) is 10.3 Å². The van der Waals surface area contributed by atoms with Crippen LogP contribution in [0.3, 0.4) is 0 Å². The Labute approximate surface area is 227 Å².